The lowest BCUT2D eigenvalue weighted by molar-refractivity contribution is -0.147. The Kier molecular flexibility index (Phi) is 11.4. The Morgan fingerprint density at radius 1 is 0.925 bits per heavy atom. The molecule has 0 saturated carbocycles. The summed E-state index contributed by atoms with van der Waals surface area (Å²) >= 11 is 0. The summed E-state index contributed by atoms with van der Waals surface area (Å²) in [6, 6.07) is 12.8. The highest BCUT2D eigenvalue weighted by molar-refractivity contribution is 6.04. The van der Waals surface area contributed by atoms with Gasteiger partial charge in [0.2, 0.25) is 11.8 Å². The molecule has 1 aromatic heterocycles. The Balaban J connectivity index is 1.04. The van der Waals surface area contributed by atoms with Crippen molar-refractivity contribution in [2.24, 2.45) is 11.8 Å². The van der Waals surface area contributed by atoms with Gasteiger partial charge in [-0.25, -0.2) is 4.68 Å². The molecule has 2 aromatic carbocycles. The van der Waals surface area contributed by atoms with E-state index in [1.807, 2.05) is 34.9 Å². The maximum absolute atomic E-state index is 14.4. The van der Waals surface area contributed by atoms with Crippen molar-refractivity contribution in [3.8, 4) is 0 Å². The van der Waals surface area contributed by atoms with Crippen LogP contribution in [0.25, 0.3) is 17.0 Å². The number of ketones is 1. The van der Waals surface area contributed by atoms with Crippen molar-refractivity contribution in [3.63, 3.8) is 0 Å². The maximum Gasteiger partial charge on any atom is 0.307 e. The molecule has 282 valence electrons. The number of carbonyl (C=O) groups is 4. The molecule has 0 bridgehead atoms. The van der Waals surface area contributed by atoms with Crippen molar-refractivity contribution in [2.75, 3.05) is 59.4 Å². The summed E-state index contributed by atoms with van der Waals surface area (Å²) < 4.78 is 7.04. The summed E-state index contributed by atoms with van der Waals surface area (Å²) in [5, 5.41) is 5.39. The number of likely N-dealkylation sites (tertiary alicyclic amines) is 2. The number of aromatic nitrogens is 2. The number of nitrogens with zero attached hydrogens (tertiary/aromatic N) is 6. The van der Waals surface area contributed by atoms with Gasteiger partial charge in [0, 0.05) is 70.0 Å². The normalized spacial score (nSPS) is 20.0. The molecule has 11 nitrogen and oxygen atoms in total. The highest BCUT2D eigenvalue weighted by Gasteiger charge is 2.35. The summed E-state index contributed by atoms with van der Waals surface area (Å²) in [6.07, 6.45) is 8.99. The topological polar surface area (TPSA) is 108 Å². The van der Waals surface area contributed by atoms with Crippen molar-refractivity contribution in [3.05, 3.63) is 70.4 Å². The van der Waals surface area contributed by atoms with E-state index < -0.39 is 5.92 Å². The third-order valence-electron chi connectivity index (χ3n) is 12.0. The van der Waals surface area contributed by atoms with Crippen molar-refractivity contribution in [2.45, 2.75) is 78.0 Å². The Morgan fingerprint density at radius 3 is 2.40 bits per heavy atom. The Morgan fingerprint density at radius 2 is 1.66 bits per heavy atom. The molecule has 4 heterocycles. The molecule has 1 atom stereocenters. The van der Waals surface area contributed by atoms with Gasteiger partial charge in [-0.1, -0.05) is 37.3 Å². The van der Waals surface area contributed by atoms with Crippen LogP contribution in [0.4, 0.5) is 0 Å². The monoisotopic (exact) mass is 722 g/mol. The minimum Gasteiger partial charge on any atom is -0.442 e. The van der Waals surface area contributed by atoms with Crippen LogP contribution in [0.1, 0.15) is 67.7 Å². The highest BCUT2D eigenvalue weighted by Crippen LogP contribution is 2.33. The summed E-state index contributed by atoms with van der Waals surface area (Å²) in [7, 11) is 2.18. The van der Waals surface area contributed by atoms with Crippen molar-refractivity contribution in [1.82, 2.24) is 29.4 Å². The number of benzene rings is 2. The third-order valence-corrected chi connectivity index (χ3v) is 12.0. The number of Topliss-reactive ketones (excluding diaryl/α,β-unsaturated/α-hetero) is 1. The van der Waals surface area contributed by atoms with Gasteiger partial charge in [0.25, 0.3) is 0 Å². The number of hydrogen-bond donors (Lipinski definition) is 0. The lowest BCUT2D eigenvalue weighted by atomic mass is 9.80. The molecule has 0 spiro atoms. The number of allylic oxidation sites excluding steroid dienone is 1. The van der Waals surface area contributed by atoms with Gasteiger partial charge in [-0.2, -0.15) is 5.10 Å². The van der Waals surface area contributed by atoms with Gasteiger partial charge in [0.05, 0.1) is 17.6 Å². The molecule has 0 N–H and O–H groups in total. The number of carbonyl (C=O) groups excluding carboxylic acids is 4. The first-order valence-electron chi connectivity index (χ1n) is 19.6. The number of rotatable bonds is 10. The molecule has 11 heteroatoms. The quantitative estimate of drug-likeness (QED) is 0.282. The number of hydrogen-bond acceptors (Lipinski definition) is 8. The molecule has 3 aliphatic heterocycles. The average molecular weight is 723 g/mol. The van der Waals surface area contributed by atoms with E-state index in [4.69, 9.17) is 4.74 Å². The molecule has 53 heavy (non-hydrogen) atoms. The minimum atomic E-state index is -0.494. The molecular formula is C42H54N6O5. The van der Waals surface area contributed by atoms with E-state index in [0.29, 0.717) is 51.5 Å². The summed E-state index contributed by atoms with van der Waals surface area (Å²) in [6.45, 7) is 10.3. The Labute approximate surface area is 312 Å². The Hall–Kier alpha value is -4.35. The largest absolute Gasteiger partial charge is 0.442 e. The lowest BCUT2D eigenvalue weighted by Gasteiger charge is -2.43. The van der Waals surface area contributed by atoms with E-state index in [1.54, 1.807) is 17.8 Å². The molecule has 3 fully saturated rings. The fraction of sp³-hybridized carbons (Fsp3) is 0.548. The fourth-order valence-corrected chi connectivity index (χ4v) is 8.92. The molecule has 3 saturated heterocycles. The van der Waals surface area contributed by atoms with Crippen LogP contribution < -0.4 is 0 Å². The van der Waals surface area contributed by atoms with Crippen LogP contribution in [0.15, 0.2) is 48.2 Å². The standard InChI is InChI=1S/C42H54N6O5/c1-4-40(51)53-28-48-41-29(2)21-30(23-35(41)27-43-48)22-34(42(52)47-19-17-45(18-20-47)36-11-13-44(3)14-12-36)26-39(50)46-15-9-31(10-16-46)37-24-32-7-5-6-8-33(32)25-38(37)49/h5-8,21,23-24,27,31,34,36H,4,9-20,22,25-26,28H2,1-3H3/t34-/m0/s1. The molecule has 7 rings (SSSR count). The molecule has 2 amide bonds. The number of piperidine rings is 2. The van der Waals surface area contributed by atoms with Gasteiger partial charge in [-0.05, 0) is 105 Å². The van der Waals surface area contributed by atoms with Crippen LogP contribution in [0.3, 0.4) is 0 Å². The summed E-state index contributed by atoms with van der Waals surface area (Å²) in [5.74, 6) is -0.395. The SMILES string of the molecule is CCC(=O)OCn1ncc2cc(C[C@@H](CC(=O)N3CCC(C4=Cc5ccccc5CC4=O)CC3)C(=O)N3CCN(C4CCN(C)CC4)CC3)cc(C)c21. The van der Waals surface area contributed by atoms with E-state index in [-0.39, 0.29) is 42.6 Å². The summed E-state index contributed by atoms with van der Waals surface area (Å²) in [5.41, 5.74) is 5.93. The highest BCUT2D eigenvalue weighted by atomic mass is 16.5. The van der Waals surface area contributed by atoms with Crippen LogP contribution in [0, 0.1) is 18.8 Å². The first kappa shape index (κ1) is 37.0. The van der Waals surface area contributed by atoms with Crippen molar-refractivity contribution < 1.29 is 23.9 Å². The molecule has 1 aliphatic carbocycles. The number of fused-ring (bicyclic) bond motifs is 2. The molecule has 3 aromatic rings. The zero-order chi connectivity index (χ0) is 37.1. The molecular weight excluding hydrogens is 668 g/mol. The van der Waals surface area contributed by atoms with Crippen molar-refractivity contribution >= 4 is 40.5 Å². The van der Waals surface area contributed by atoms with E-state index in [9.17, 15) is 19.2 Å². The zero-order valence-electron chi connectivity index (χ0n) is 31.6. The van der Waals surface area contributed by atoms with Crippen LogP contribution >= 0.6 is 0 Å². The first-order chi connectivity index (χ1) is 25.7. The van der Waals surface area contributed by atoms with Crippen LogP contribution in [-0.4, -0.2) is 118 Å². The van der Waals surface area contributed by atoms with Crippen molar-refractivity contribution in [1.29, 1.82) is 0 Å². The Bertz CT molecular complexity index is 1860. The number of amides is 2. The second kappa shape index (κ2) is 16.3. The van der Waals surface area contributed by atoms with Gasteiger partial charge in [0.1, 0.15) is 0 Å². The van der Waals surface area contributed by atoms with E-state index in [0.717, 1.165) is 90.6 Å². The number of piperazine rings is 1. The van der Waals surface area contributed by atoms with E-state index in [1.165, 1.54) is 0 Å². The molecule has 0 radical (unpaired) electrons. The molecule has 0 unspecified atom stereocenters. The maximum atomic E-state index is 14.4. The number of ether oxygens (including phenoxy) is 1. The smallest absolute Gasteiger partial charge is 0.307 e. The van der Waals surface area contributed by atoms with Crippen LogP contribution in [0.2, 0.25) is 0 Å². The van der Waals surface area contributed by atoms with Gasteiger partial charge >= 0.3 is 5.97 Å². The van der Waals surface area contributed by atoms with Gasteiger partial charge in [-0.15, -0.1) is 0 Å². The average Bonchev–Trinajstić information content (AvgIpc) is 3.60. The third kappa shape index (κ3) is 8.41. The minimum absolute atomic E-state index is 0.00409. The second-order valence-corrected chi connectivity index (χ2v) is 15.5. The fourth-order valence-electron chi connectivity index (χ4n) is 8.92. The summed E-state index contributed by atoms with van der Waals surface area (Å²) in [4.78, 5) is 62.2. The lowest BCUT2D eigenvalue weighted by Crippen LogP contribution is -2.55. The predicted octanol–water partition coefficient (Wildman–Crippen LogP) is 4.49. The number of aryl methyl sites for hydroxylation is 1. The van der Waals surface area contributed by atoms with Gasteiger partial charge in [0.15, 0.2) is 12.5 Å². The van der Waals surface area contributed by atoms with Crippen LogP contribution in [-0.2, 0) is 43.5 Å². The van der Waals surface area contributed by atoms with E-state index >= 15 is 0 Å². The van der Waals surface area contributed by atoms with Gasteiger partial charge < -0.3 is 19.4 Å². The molecule has 4 aliphatic rings. The second-order valence-electron chi connectivity index (χ2n) is 15.5. The van der Waals surface area contributed by atoms with Crippen LogP contribution in [0.5, 0.6) is 0 Å². The van der Waals surface area contributed by atoms with E-state index in [2.05, 4.69) is 46.2 Å². The van der Waals surface area contributed by atoms with Gasteiger partial charge in [-0.3, -0.25) is 24.1 Å². The zero-order valence-corrected chi connectivity index (χ0v) is 31.6. The predicted molar refractivity (Wildman–Crippen MR) is 204 cm³/mol. The number of esters is 1. The first-order valence-corrected chi connectivity index (χ1v) is 19.6.